The highest BCUT2D eigenvalue weighted by atomic mass is 16.5. The molecule has 0 amide bonds. The maximum Gasteiger partial charge on any atom is 0.119 e. The monoisotopic (exact) mass is 232 g/mol. The second kappa shape index (κ2) is 5.01. The number of methoxy groups -OCH3 is 1. The molecule has 1 heterocycles. The zero-order valence-electron chi connectivity index (χ0n) is 10.00. The molecule has 0 aliphatic heterocycles. The normalized spacial score (nSPS) is 12.4. The molecule has 0 aliphatic rings. The lowest BCUT2D eigenvalue weighted by Gasteiger charge is -2.10. The lowest BCUT2D eigenvalue weighted by atomic mass is 10.0. The first-order chi connectivity index (χ1) is 8.19. The van der Waals surface area contributed by atoms with Crippen LogP contribution in [-0.2, 0) is 13.5 Å². The number of aryl methyl sites for hydroxylation is 1. The highest BCUT2D eigenvalue weighted by Gasteiger charge is 2.10. The van der Waals surface area contributed by atoms with E-state index in [0.29, 0.717) is 6.42 Å². The summed E-state index contributed by atoms with van der Waals surface area (Å²) in [5, 5.41) is 14.3. The summed E-state index contributed by atoms with van der Waals surface area (Å²) in [4.78, 5) is 0. The summed E-state index contributed by atoms with van der Waals surface area (Å²) in [6.45, 7) is 0. The van der Waals surface area contributed by atoms with Crippen LogP contribution in [0.25, 0.3) is 0 Å². The quantitative estimate of drug-likeness (QED) is 0.872. The van der Waals surface area contributed by atoms with Crippen LogP contribution >= 0.6 is 0 Å². The summed E-state index contributed by atoms with van der Waals surface area (Å²) in [6, 6.07) is 9.36. The Balaban J connectivity index is 2.11. The molecule has 1 N–H and O–H groups in total. The molecule has 1 aromatic carbocycles. The molecular formula is C13H16N2O2. The maximum absolute atomic E-state index is 10.1. The Morgan fingerprint density at radius 2 is 2.24 bits per heavy atom. The van der Waals surface area contributed by atoms with E-state index in [1.54, 1.807) is 11.8 Å². The van der Waals surface area contributed by atoms with Crippen LogP contribution < -0.4 is 4.74 Å². The third-order valence-electron chi connectivity index (χ3n) is 2.65. The predicted octanol–water partition coefficient (Wildman–Crippen LogP) is 1.70. The lowest BCUT2D eigenvalue weighted by Crippen LogP contribution is -2.03. The van der Waals surface area contributed by atoms with Crippen LogP contribution in [0.4, 0.5) is 0 Å². The van der Waals surface area contributed by atoms with Crippen molar-refractivity contribution < 1.29 is 9.84 Å². The van der Waals surface area contributed by atoms with Crippen LogP contribution in [0, 0.1) is 0 Å². The number of rotatable bonds is 4. The number of aromatic nitrogens is 2. The third kappa shape index (κ3) is 2.85. The lowest BCUT2D eigenvalue weighted by molar-refractivity contribution is 0.176. The summed E-state index contributed by atoms with van der Waals surface area (Å²) in [5.41, 5.74) is 1.72. The number of hydrogen-bond donors (Lipinski definition) is 1. The second-order valence-corrected chi connectivity index (χ2v) is 3.98. The van der Waals surface area contributed by atoms with Crippen LogP contribution in [0.15, 0.2) is 36.5 Å². The molecule has 17 heavy (non-hydrogen) atoms. The molecule has 0 spiro atoms. The molecule has 0 aliphatic carbocycles. The zero-order chi connectivity index (χ0) is 12.3. The molecule has 2 rings (SSSR count). The minimum absolute atomic E-state index is 0.508. The van der Waals surface area contributed by atoms with Crippen molar-refractivity contribution in [3.63, 3.8) is 0 Å². The van der Waals surface area contributed by atoms with E-state index in [0.717, 1.165) is 17.0 Å². The fraction of sp³-hybridized carbons (Fsp3) is 0.308. The topological polar surface area (TPSA) is 47.3 Å². The Labute approximate surface area is 100 Å². The van der Waals surface area contributed by atoms with Gasteiger partial charge in [-0.3, -0.25) is 4.68 Å². The van der Waals surface area contributed by atoms with E-state index in [4.69, 9.17) is 4.74 Å². The van der Waals surface area contributed by atoms with Gasteiger partial charge in [-0.1, -0.05) is 12.1 Å². The number of aliphatic hydroxyl groups is 1. The Kier molecular flexibility index (Phi) is 3.44. The predicted molar refractivity (Wildman–Crippen MR) is 64.9 cm³/mol. The van der Waals surface area contributed by atoms with Gasteiger partial charge in [0, 0.05) is 19.7 Å². The first-order valence-corrected chi connectivity index (χ1v) is 5.49. The average molecular weight is 232 g/mol. The second-order valence-electron chi connectivity index (χ2n) is 3.98. The number of nitrogens with zero attached hydrogens (tertiary/aromatic N) is 2. The van der Waals surface area contributed by atoms with Crippen molar-refractivity contribution in [3.8, 4) is 5.75 Å². The molecule has 0 fully saturated rings. The van der Waals surface area contributed by atoms with E-state index in [1.165, 1.54) is 0 Å². The van der Waals surface area contributed by atoms with Crippen molar-refractivity contribution in [2.75, 3.05) is 7.11 Å². The SMILES string of the molecule is COc1cccc(C(O)Cc2ccn(C)n2)c1. The van der Waals surface area contributed by atoms with E-state index in [9.17, 15) is 5.11 Å². The minimum atomic E-state index is -0.556. The van der Waals surface area contributed by atoms with Gasteiger partial charge in [0.2, 0.25) is 0 Å². The summed E-state index contributed by atoms with van der Waals surface area (Å²) < 4.78 is 6.86. The number of aliphatic hydroxyl groups excluding tert-OH is 1. The molecular weight excluding hydrogens is 216 g/mol. The van der Waals surface area contributed by atoms with Gasteiger partial charge in [0.15, 0.2) is 0 Å². The Morgan fingerprint density at radius 1 is 1.41 bits per heavy atom. The van der Waals surface area contributed by atoms with Crippen LogP contribution in [-0.4, -0.2) is 22.0 Å². The number of ether oxygens (including phenoxy) is 1. The molecule has 90 valence electrons. The molecule has 0 radical (unpaired) electrons. The molecule has 0 saturated heterocycles. The minimum Gasteiger partial charge on any atom is -0.497 e. The van der Waals surface area contributed by atoms with Gasteiger partial charge in [-0.25, -0.2) is 0 Å². The maximum atomic E-state index is 10.1. The summed E-state index contributed by atoms with van der Waals surface area (Å²) in [6.07, 6.45) is 1.82. The van der Waals surface area contributed by atoms with Gasteiger partial charge >= 0.3 is 0 Å². The van der Waals surface area contributed by atoms with Crippen LogP contribution in [0.5, 0.6) is 5.75 Å². The Morgan fingerprint density at radius 3 is 2.88 bits per heavy atom. The van der Waals surface area contributed by atoms with Gasteiger partial charge < -0.3 is 9.84 Å². The molecule has 1 aromatic heterocycles. The summed E-state index contributed by atoms with van der Waals surface area (Å²) >= 11 is 0. The fourth-order valence-electron chi connectivity index (χ4n) is 1.74. The largest absolute Gasteiger partial charge is 0.497 e. The van der Waals surface area contributed by atoms with Gasteiger partial charge in [0.25, 0.3) is 0 Å². The van der Waals surface area contributed by atoms with Crippen LogP contribution in [0.1, 0.15) is 17.4 Å². The molecule has 2 aromatic rings. The molecule has 0 bridgehead atoms. The number of hydrogen-bond acceptors (Lipinski definition) is 3. The molecule has 4 heteroatoms. The first-order valence-electron chi connectivity index (χ1n) is 5.49. The van der Waals surface area contributed by atoms with Crippen molar-refractivity contribution in [2.45, 2.75) is 12.5 Å². The van der Waals surface area contributed by atoms with Gasteiger partial charge in [0.1, 0.15) is 5.75 Å². The van der Waals surface area contributed by atoms with E-state index >= 15 is 0 Å². The first kappa shape index (κ1) is 11.7. The van der Waals surface area contributed by atoms with Crippen molar-refractivity contribution in [1.29, 1.82) is 0 Å². The molecule has 1 unspecified atom stereocenters. The van der Waals surface area contributed by atoms with Gasteiger partial charge in [0.05, 0.1) is 18.9 Å². The van der Waals surface area contributed by atoms with E-state index in [2.05, 4.69) is 5.10 Å². The number of benzene rings is 1. The highest BCUT2D eigenvalue weighted by Crippen LogP contribution is 2.21. The third-order valence-corrected chi connectivity index (χ3v) is 2.65. The molecule has 0 saturated carbocycles. The van der Waals surface area contributed by atoms with Gasteiger partial charge in [-0.2, -0.15) is 5.10 Å². The molecule has 4 nitrogen and oxygen atoms in total. The van der Waals surface area contributed by atoms with Gasteiger partial charge in [-0.15, -0.1) is 0 Å². The van der Waals surface area contributed by atoms with Crippen molar-refractivity contribution in [3.05, 3.63) is 47.8 Å². The van der Waals surface area contributed by atoms with E-state index in [1.807, 2.05) is 43.6 Å². The van der Waals surface area contributed by atoms with Crippen molar-refractivity contribution >= 4 is 0 Å². The summed E-state index contributed by atoms with van der Waals surface area (Å²) in [5.74, 6) is 0.752. The van der Waals surface area contributed by atoms with Crippen molar-refractivity contribution in [1.82, 2.24) is 9.78 Å². The molecule has 1 atom stereocenters. The Hall–Kier alpha value is -1.81. The van der Waals surface area contributed by atoms with E-state index < -0.39 is 6.10 Å². The highest BCUT2D eigenvalue weighted by molar-refractivity contribution is 5.30. The fourth-order valence-corrected chi connectivity index (χ4v) is 1.74. The van der Waals surface area contributed by atoms with E-state index in [-0.39, 0.29) is 0 Å². The smallest absolute Gasteiger partial charge is 0.119 e. The van der Waals surface area contributed by atoms with Gasteiger partial charge in [-0.05, 0) is 23.8 Å². The zero-order valence-corrected chi connectivity index (χ0v) is 10.00. The summed E-state index contributed by atoms with van der Waals surface area (Å²) in [7, 11) is 3.48. The average Bonchev–Trinajstić information content (AvgIpc) is 2.75. The Bertz CT molecular complexity index is 494. The standard InChI is InChI=1S/C13H16N2O2/c1-15-7-6-11(14-15)9-13(16)10-4-3-5-12(8-10)17-2/h3-8,13,16H,9H2,1-2H3. The van der Waals surface area contributed by atoms with Crippen LogP contribution in [0.3, 0.4) is 0 Å². The van der Waals surface area contributed by atoms with Crippen molar-refractivity contribution in [2.24, 2.45) is 7.05 Å². The van der Waals surface area contributed by atoms with Crippen LogP contribution in [0.2, 0.25) is 0 Å².